The highest BCUT2D eigenvalue weighted by atomic mass is 16.6. The van der Waals surface area contributed by atoms with E-state index in [-0.39, 0.29) is 6.61 Å². The van der Waals surface area contributed by atoms with Gasteiger partial charge in [-0.15, -0.1) is 0 Å². The lowest BCUT2D eigenvalue weighted by Crippen LogP contribution is -2.45. The minimum atomic E-state index is -1.29. The minimum Gasteiger partial charge on any atom is -0.391 e. The van der Waals surface area contributed by atoms with E-state index in [2.05, 4.69) is 10.0 Å². The summed E-state index contributed by atoms with van der Waals surface area (Å²) in [5, 5.41) is 22.9. The molecule has 0 aliphatic rings. The van der Waals surface area contributed by atoms with Gasteiger partial charge < -0.3 is 19.7 Å². The molecule has 0 saturated heterocycles. The van der Waals surface area contributed by atoms with E-state index in [1.165, 1.54) is 6.92 Å². The van der Waals surface area contributed by atoms with Crippen LogP contribution in [0.3, 0.4) is 0 Å². The monoisotopic (exact) mass is 261 g/mol. The number of ether oxygens (including phenoxy) is 2. The van der Waals surface area contributed by atoms with Crippen molar-refractivity contribution in [2.75, 3.05) is 13.2 Å². The van der Waals surface area contributed by atoms with Crippen molar-refractivity contribution in [3.05, 3.63) is 10.4 Å². The molecule has 106 valence electrons. The van der Waals surface area contributed by atoms with Crippen LogP contribution in [0.4, 0.5) is 0 Å². The highest BCUT2D eigenvalue weighted by Crippen LogP contribution is 2.15. The Morgan fingerprint density at radius 1 is 1.28 bits per heavy atom. The van der Waals surface area contributed by atoms with Crippen molar-refractivity contribution in [1.29, 1.82) is 0 Å². The highest BCUT2D eigenvalue weighted by Gasteiger charge is 2.32. The van der Waals surface area contributed by atoms with Crippen LogP contribution in [0.15, 0.2) is 5.11 Å². The molecule has 0 aliphatic carbocycles. The quantitative estimate of drug-likeness (QED) is 0.205. The van der Waals surface area contributed by atoms with Crippen LogP contribution in [-0.4, -0.2) is 48.0 Å². The molecule has 0 saturated carbocycles. The van der Waals surface area contributed by atoms with Gasteiger partial charge in [-0.2, -0.15) is 0 Å². The zero-order valence-corrected chi connectivity index (χ0v) is 11.2. The number of hydrogen-bond acceptors (Lipinski definition) is 5. The summed E-state index contributed by atoms with van der Waals surface area (Å²) in [5.41, 5.74) is 8.51. The van der Waals surface area contributed by atoms with Gasteiger partial charge in [0.25, 0.3) is 0 Å². The van der Waals surface area contributed by atoms with E-state index >= 15 is 0 Å². The Kier molecular flexibility index (Phi) is 9.63. The predicted octanol–water partition coefficient (Wildman–Crippen LogP) is 1.59. The molecule has 0 radical (unpaired) electrons. The topological polar surface area (TPSA) is 108 Å². The van der Waals surface area contributed by atoms with Gasteiger partial charge in [0.1, 0.15) is 6.04 Å². The number of nitrogens with zero attached hydrogens (tertiary/aromatic N) is 3. The normalized spacial score (nSPS) is 17.6. The summed E-state index contributed by atoms with van der Waals surface area (Å²) in [7, 11) is 0. The van der Waals surface area contributed by atoms with E-state index in [1.807, 2.05) is 6.92 Å². The fourth-order valence-corrected chi connectivity index (χ4v) is 1.50. The summed E-state index contributed by atoms with van der Waals surface area (Å²) in [6, 6.07) is -0.966. The first-order valence-corrected chi connectivity index (χ1v) is 6.21. The second-order valence-electron chi connectivity index (χ2n) is 3.97. The lowest BCUT2D eigenvalue weighted by Gasteiger charge is -2.29. The number of rotatable bonds is 10. The van der Waals surface area contributed by atoms with Crippen molar-refractivity contribution in [1.82, 2.24) is 0 Å². The molecular weight excluding hydrogens is 238 g/mol. The van der Waals surface area contributed by atoms with Gasteiger partial charge in [0, 0.05) is 18.1 Å². The number of aliphatic hydroxyl groups excluding tert-OH is 2. The van der Waals surface area contributed by atoms with Gasteiger partial charge in [-0.05, 0) is 25.8 Å². The first-order valence-electron chi connectivity index (χ1n) is 6.21. The standard InChI is InChI=1S/C11H23N3O4/c1-4-6-7-18-10(8(3)15)9(13-14-12)11(16)17-5-2/h8-11,15-16H,4-7H2,1-3H3/t8-,9+,10?,11+/m1/s1. The van der Waals surface area contributed by atoms with Gasteiger partial charge in [-0.3, -0.25) is 0 Å². The maximum atomic E-state index is 9.74. The van der Waals surface area contributed by atoms with Crippen molar-refractivity contribution < 1.29 is 19.7 Å². The summed E-state index contributed by atoms with van der Waals surface area (Å²) in [4.78, 5) is 2.66. The summed E-state index contributed by atoms with van der Waals surface area (Å²) in [6.07, 6.45) is -1.16. The highest BCUT2D eigenvalue weighted by molar-refractivity contribution is 4.84. The Balaban J connectivity index is 4.69. The Morgan fingerprint density at radius 3 is 2.39 bits per heavy atom. The average Bonchev–Trinajstić information content (AvgIpc) is 2.32. The Bertz CT molecular complexity index is 257. The van der Waals surface area contributed by atoms with Crippen LogP contribution in [0.2, 0.25) is 0 Å². The molecule has 0 bridgehead atoms. The Morgan fingerprint density at radius 2 is 1.94 bits per heavy atom. The zero-order valence-electron chi connectivity index (χ0n) is 11.2. The SMILES string of the molecule is CCCCOC([C@@H](C)O)[C@H](N=[N+]=[N-])[C@@H](O)OCC. The van der Waals surface area contributed by atoms with Crippen molar-refractivity contribution in [3.8, 4) is 0 Å². The molecule has 1 unspecified atom stereocenters. The summed E-state index contributed by atoms with van der Waals surface area (Å²) < 4.78 is 10.5. The molecule has 0 aromatic carbocycles. The fourth-order valence-electron chi connectivity index (χ4n) is 1.50. The Hall–Kier alpha value is -0.850. The molecule has 7 heteroatoms. The molecule has 4 atom stereocenters. The van der Waals surface area contributed by atoms with Crippen LogP contribution in [0.25, 0.3) is 10.4 Å². The summed E-state index contributed by atoms with van der Waals surface area (Å²) in [6.45, 7) is 5.96. The number of azide groups is 1. The van der Waals surface area contributed by atoms with E-state index in [4.69, 9.17) is 15.0 Å². The van der Waals surface area contributed by atoms with E-state index in [9.17, 15) is 10.2 Å². The molecule has 0 amide bonds. The van der Waals surface area contributed by atoms with E-state index in [0.717, 1.165) is 12.8 Å². The van der Waals surface area contributed by atoms with Gasteiger partial charge in [-0.1, -0.05) is 18.5 Å². The lowest BCUT2D eigenvalue weighted by atomic mass is 10.1. The first kappa shape index (κ1) is 17.2. The van der Waals surface area contributed by atoms with Gasteiger partial charge in [0.05, 0.1) is 12.2 Å². The molecule has 0 aliphatic heterocycles. The van der Waals surface area contributed by atoms with Gasteiger partial charge in [-0.25, -0.2) is 0 Å². The molecule has 0 aromatic rings. The Labute approximate surface area is 107 Å². The summed E-state index contributed by atoms with van der Waals surface area (Å²) >= 11 is 0. The second kappa shape index (κ2) is 10.1. The zero-order chi connectivity index (χ0) is 14.0. The van der Waals surface area contributed by atoms with Crippen molar-refractivity contribution in [2.45, 2.75) is 58.2 Å². The smallest absolute Gasteiger partial charge is 0.165 e. The average molecular weight is 261 g/mol. The minimum absolute atomic E-state index is 0.278. The molecule has 18 heavy (non-hydrogen) atoms. The van der Waals surface area contributed by atoms with Crippen LogP contribution in [0.1, 0.15) is 33.6 Å². The predicted molar refractivity (Wildman–Crippen MR) is 66.9 cm³/mol. The van der Waals surface area contributed by atoms with Crippen molar-refractivity contribution >= 4 is 0 Å². The molecule has 2 N–H and O–H groups in total. The third-order valence-electron chi connectivity index (χ3n) is 2.43. The maximum absolute atomic E-state index is 9.74. The van der Waals surface area contributed by atoms with Crippen molar-refractivity contribution in [3.63, 3.8) is 0 Å². The molecule has 7 nitrogen and oxygen atoms in total. The third-order valence-corrected chi connectivity index (χ3v) is 2.43. The van der Waals surface area contributed by atoms with Crippen LogP contribution in [0, 0.1) is 0 Å². The lowest BCUT2D eigenvalue weighted by molar-refractivity contribution is -0.152. The van der Waals surface area contributed by atoms with Crippen LogP contribution >= 0.6 is 0 Å². The number of hydrogen-bond donors (Lipinski definition) is 2. The van der Waals surface area contributed by atoms with Crippen LogP contribution in [-0.2, 0) is 9.47 Å². The first-order chi connectivity index (χ1) is 8.58. The molecular formula is C11H23N3O4. The van der Waals surface area contributed by atoms with E-state index in [1.54, 1.807) is 6.92 Å². The molecule has 0 fully saturated rings. The summed E-state index contributed by atoms with van der Waals surface area (Å²) in [5.74, 6) is 0. The third kappa shape index (κ3) is 6.18. The largest absolute Gasteiger partial charge is 0.391 e. The van der Waals surface area contributed by atoms with E-state index < -0.39 is 24.5 Å². The fraction of sp³-hybridized carbons (Fsp3) is 1.00. The van der Waals surface area contributed by atoms with E-state index in [0.29, 0.717) is 6.61 Å². The van der Waals surface area contributed by atoms with Gasteiger partial charge in [0.15, 0.2) is 6.29 Å². The van der Waals surface area contributed by atoms with Gasteiger partial charge in [0.2, 0.25) is 0 Å². The van der Waals surface area contributed by atoms with Crippen LogP contribution < -0.4 is 0 Å². The maximum Gasteiger partial charge on any atom is 0.165 e. The molecule has 0 heterocycles. The molecule has 0 spiro atoms. The second-order valence-corrected chi connectivity index (χ2v) is 3.97. The number of aliphatic hydroxyl groups is 2. The van der Waals surface area contributed by atoms with Crippen molar-refractivity contribution in [2.24, 2.45) is 5.11 Å². The van der Waals surface area contributed by atoms with Gasteiger partial charge >= 0.3 is 0 Å². The molecule has 0 aromatic heterocycles. The molecule has 0 rings (SSSR count). The number of unbranched alkanes of at least 4 members (excludes halogenated alkanes) is 1. The van der Waals surface area contributed by atoms with Crippen LogP contribution in [0.5, 0.6) is 0 Å².